The van der Waals surface area contributed by atoms with Crippen LogP contribution < -0.4 is 5.73 Å². The Labute approximate surface area is 104 Å². The number of nitrogens with two attached hydrogens (primary N) is 1. The highest BCUT2D eigenvalue weighted by Gasteiger charge is 2.29. The van der Waals surface area contributed by atoms with Crippen molar-refractivity contribution in [3.05, 3.63) is 11.7 Å². The molecule has 1 aromatic heterocycles. The lowest BCUT2D eigenvalue weighted by atomic mass is 9.93. The molecule has 1 heterocycles. The molecular formula is C13H25N3O. The summed E-state index contributed by atoms with van der Waals surface area (Å²) in [6, 6.07) is 0. The zero-order valence-electron chi connectivity index (χ0n) is 11.5. The van der Waals surface area contributed by atoms with Crippen molar-refractivity contribution in [2.24, 2.45) is 5.73 Å². The second-order valence-corrected chi connectivity index (χ2v) is 4.86. The molecule has 0 radical (unpaired) electrons. The number of rotatable bonds is 7. The number of aromatic nitrogens is 2. The lowest BCUT2D eigenvalue weighted by Gasteiger charge is -2.21. The lowest BCUT2D eigenvalue weighted by Crippen LogP contribution is -2.36. The fraction of sp³-hybridized carbons (Fsp3) is 0.846. The minimum Gasteiger partial charge on any atom is -0.339 e. The van der Waals surface area contributed by atoms with Crippen molar-refractivity contribution in [3.63, 3.8) is 0 Å². The Hall–Kier alpha value is -0.900. The van der Waals surface area contributed by atoms with Crippen LogP contribution in [-0.2, 0) is 5.54 Å². The second-order valence-electron chi connectivity index (χ2n) is 4.86. The molecule has 1 rings (SSSR count). The molecule has 1 unspecified atom stereocenters. The minimum atomic E-state index is -0.438. The quantitative estimate of drug-likeness (QED) is 0.792. The van der Waals surface area contributed by atoms with Crippen LogP contribution in [0.3, 0.4) is 0 Å². The Balaban J connectivity index is 2.77. The summed E-state index contributed by atoms with van der Waals surface area (Å²) >= 11 is 0. The Bertz CT molecular complexity index is 331. The summed E-state index contributed by atoms with van der Waals surface area (Å²) in [5.41, 5.74) is 5.81. The van der Waals surface area contributed by atoms with E-state index in [0.29, 0.717) is 11.7 Å². The predicted molar refractivity (Wildman–Crippen MR) is 68.7 cm³/mol. The van der Waals surface area contributed by atoms with Gasteiger partial charge in [0.15, 0.2) is 5.82 Å². The predicted octanol–water partition coefficient (Wildman–Crippen LogP) is 3.34. The lowest BCUT2D eigenvalue weighted by molar-refractivity contribution is 0.324. The van der Waals surface area contributed by atoms with Gasteiger partial charge in [-0.2, -0.15) is 4.98 Å². The first-order valence-electron chi connectivity index (χ1n) is 6.70. The van der Waals surface area contributed by atoms with Crippen molar-refractivity contribution >= 4 is 0 Å². The van der Waals surface area contributed by atoms with Gasteiger partial charge in [-0.1, -0.05) is 45.7 Å². The van der Waals surface area contributed by atoms with E-state index in [-0.39, 0.29) is 0 Å². The van der Waals surface area contributed by atoms with Gasteiger partial charge >= 0.3 is 0 Å². The molecule has 4 heteroatoms. The number of hydrogen-bond donors (Lipinski definition) is 1. The van der Waals surface area contributed by atoms with Crippen molar-refractivity contribution in [2.75, 3.05) is 0 Å². The van der Waals surface area contributed by atoms with Crippen LogP contribution >= 0.6 is 0 Å². The van der Waals surface area contributed by atoms with Gasteiger partial charge < -0.3 is 10.3 Å². The zero-order valence-corrected chi connectivity index (χ0v) is 11.5. The third-order valence-corrected chi connectivity index (χ3v) is 3.56. The fourth-order valence-corrected chi connectivity index (χ4v) is 1.84. The van der Waals surface area contributed by atoms with E-state index < -0.39 is 5.54 Å². The van der Waals surface area contributed by atoms with E-state index in [0.717, 1.165) is 25.2 Å². The average molecular weight is 239 g/mol. The molecule has 1 atom stereocenters. The van der Waals surface area contributed by atoms with Gasteiger partial charge in [0.1, 0.15) is 0 Å². The van der Waals surface area contributed by atoms with E-state index >= 15 is 0 Å². The minimum absolute atomic E-state index is 0.328. The van der Waals surface area contributed by atoms with Crippen molar-refractivity contribution < 1.29 is 4.52 Å². The Morgan fingerprint density at radius 2 is 1.94 bits per heavy atom. The summed E-state index contributed by atoms with van der Waals surface area (Å²) in [5.74, 6) is 1.71. The summed E-state index contributed by atoms with van der Waals surface area (Å²) < 4.78 is 5.33. The standard InChI is InChI=1S/C13H25N3O/c1-5-8-9-10(4)11-15-12(16-17-11)13(14,6-2)7-3/h10H,5-9,14H2,1-4H3. The molecule has 98 valence electrons. The van der Waals surface area contributed by atoms with Gasteiger partial charge in [0.05, 0.1) is 5.54 Å². The van der Waals surface area contributed by atoms with E-state index in [1.807, 2.05) is 0 Å². The Morgan fingerprint density at radius 1 is 1.29 bits per heavy atom. The third kappa shape index (κ3) is 3.28. The van der Waals surface area contributed by atoms with Crippen LogP contribution in [0.4, 0.5) is 0 Å². The molecule has 4 nitrogen and oxygen atoms in total. The molecule has 0 aliphatic rings. The fourth-order valence-electron chi connectivity index (χ4n) is 1.84. The van der Waals surface area contributed by atoms with E-state index in [1.54, 1.807) is 0 Å². The van der Waals surface area contributed by atoms with Gasteiger partial charge in [0.25, 0.3) is 0 Å². The van der Waals surface area contributed by atoms with Gasteiger partial charge in [0, 0.05) is 5.92 Å². The molecule has 2 N–H and O–H groups in total. The van der Waals surface area contributed by atoms with Gasteiger partial charge in [0.2, 0.25) is 5.89 Å². The average Bonchev–Trinajstić information content (AvgIpc) is 2.85. The van der Waals surface area contributed by atoms with Gasteiger partial charge in [-0.05, 0) is 19.3 Å². The van der Waals surface area contributed by atoms with Crippen molar-refractivity contribution in [3.8, 4) is 0 Å². The molecule has 0 aliphatic carbocycles. The molecule has 1 aromatic rings. The first kappa shape index (κ1) is 14.2. The maximum absolute atomic E-state index is 6.25. The van der Waals surface area contributed by atoms with Crippen LogP contribution in [-0.4, -0.2) is 10.1 Å². The van der Waals surface area contributed by atoms with Gasteiger partial charge in [-0.3, -0.25) is 0 Å². The monoisotopic (exact) mass is 239 g/mol. The second kappa shape index (κ2) is 6.15. The molecule has 0 saturated heterocycles. The Morgan fingerprint density at radius 3 is 2.47 bits per heavy atom. The summed E-state index contributed by atoms with van der Waals surface area (Å²) in [4.78, 5) is 4.47. The van der Waals surface area contributed by atoms with Crippen LogP contribution in [0.5, 0.6) is 0 Å². The highest BCUT2D eigenvalue weighted by Crippen LogP contribution is 2.26. The topological polar surface area (TPSA) is 64.9 Å². The molecule has 0 saturated carbocycles. The normalized spacial score (nSPS) is 13.9. The molecule has 0 spiro atoms. The molecule has 0 aliphatic heterocycles. The number of unbranched alkanes of at least 4 members (excludes halogenated alkanes) is 1. The molecule has 0 amide bonds. The summed E-state index contributed by atoms with van der Waals surface area (Å²) in [6.45, 7) is 8.42. The molecular weight excluding hydrogens is 214 g/mol. The van der Waals surface area contributed by atoms with Gasteiger partial charge in [-0.25, -0.2) is 0 Å². The van der Waals surface area contributed by atoms with E-state index in [2.05, 4.69) is 37.8 Å². The highest BCUT2D eigenvalue weighted by molar-refractivity contribution is 5.04. The van der Waals surface area contributed by atoms with Gasteiger partial charge in [-0.15, -0.1) is 0 Å². The molecule has 0 bridgehead atoms. The maximum Gasteiger partial charge on any atom is 0.229 e. The summed E-state index contributed by atoms with van der Waals surface area (Å²) in [6.07, 6.45) is 5.12. The first-order valence-corrected chi connectivity index (χ1v) is 6.70. The SMILES string of the molecule is CCCCC(C)c1nc(C(N)(CC)CC)no1. The van der Waals surface area contributed by atoms with Crippen molar-refractivity contribution in [1.82, 2.24) is 10.1 Å². The van der Waals surface area contributed by atoms with Crippen LogP contribution in [0.2, 0.25) is 0 Å². The van der Waals surface area contributed by atoms with Crippen LogP contribution in [0.1, 0.15) is 77.4 Å². The smallest absolute Gasteiger partial charge is 0.229 e. The van der Waals surface area contributed by atoms with Crippen LogP contribution in [0.25, 0.3) is 0 Å². The Kier molecular flexibility index (Phi) is 5.12. The first-order chi connectivity index (χ1) is 8.07. The molecule has 0 aromatic carbocycles. The largest absolute Gasteiger partial charge is 0.339 e. The van der Waals surface area contributed by atoms with Crippen molar-refractivity contribution in [2.45, 2.75) is 71.3 Å². The zero-order chi connectivity index (χ0) is 12.9. The molecule has 17 heavy (non-hydrogen) atoms. The van der Waals surface area contributed by atoms with Crippen LogP contribution in [0, 0.1) is 0 Å². The molecule has 0 fully saturated rings. The number of hydrogen-bond acceptors (Lipinski definition) is 4. The third-order valence-electron chi connectivity index (χ3n) is 3.56. The number of nitrogens with zero attached hydrogens (tertiary/aromatic N) is 2. The maximum atomic E-state index is 6.25. The van der Waals surface area contributed by atoms with Crippen LogP contribution in [0.15, 0.2) is 4.52 Å². The van der Waals surface area contributed by atoms with E-state index in [9.17, 15) is 0 Å². The summed E-state index contributed by atoms with van der Waals surface area (Å²) in [5, 5.41) is 4.05. The van der Waals surface area contributed by atoms with Crippen molar-refractivity contribution in [1.29, 1.82) is 0 Å². The van der Waals surface area contributed by atoms with E-state index in [4.69, 9.17) is 10.3 Å². The van der Waals surface area contributed by atoms with E-state index in [1.165, 1.54) is 12.8 Å². The summed E-state index contributed by atoms with van der Waals surface area (Å²) in [7, 11) is 0. The highest BCUT2D eigenvalue weighted by atomic mass is 16.5.